The molecule has 21 heavy (non-hydrogen) atoms. The van der Waals surface area contributed by atoms with E-state index in [-0.39, 0.29) is 0 Å². The lowest BCUT2D eigenvalue weighted by molar-refractivity contribution is 0.228. The molecule has 0 spiro atoms. The van der Waals surface area contributed by atoms with E-state index in [1.807, 2.05) is 12.2 Å². The van der Waals surface area contributed by atoms with Gasteiger partial charge in [-0.05, 0) is 51.8 Å². The number of rotatable bonds is 2. The molecule has 3 nitrogen and oxygen atoms in total. The molecule has 2 rings (SSSR count). The Kier molecular flexibility index (Phi) is 5.45. The Balaban J connectivity index is 2.37. The van der Waals surface area contributed by atoms with Crippen LogP contribution < -0.4 is 0 Å². The van der Waals surface area contributed by atoms with Crippen LogP contribution in [0.5, 0.6) is 0 Å². The molecule has 0 unspecified atom stereocenters. The van der Waals surface area contributed by atoms with Gasteiger partial charge in [0, 0.05) is 30.5 Å². The highest BCUT2D eigenvalue weighted by molar-refractivity contribution is 5.83. The smallest absolute Gasteiger partial charge is 0.0547 e. The second-order valence-corrected chi connectivity index (χ2v) is 5.86. The number of nitrogens with zero attached hydrogens (tertiary/aromatic N) is 3. The molecule has 112 valence electrons. The molecule has 0 atom stereocenters. The Labute approximate surface area is 128 Å². The summed E-state index contributed by atoms with van der Waals surface area (Å²) in [7, 11) is 0. The summed E-state index contributed by atoms with van der Waals surface area (Å²) in [6.45, 7) is 12.0. The Morgan fingerprint density at radius 1 is 1.19 bits per heavy atom. The summed E-state index contributed by atoms with van der Waals surface area (Å²) in [6, 6.07) is 6.78. The highest BCUT2D eigenvalue weighted by Gasteiger charge is 2.14. The van der Waals surface area contributed by atoms with E-state index in [2.05, 4.69) is 50.4 Å². The summed E-state index contributed by atoms with van der Waals surface area (Å²) >= 11 is 0. The number of pyridine rings is 1. The summed E-state index contributed by atoms with van der Waals surface area (Å²) < 4.78 is 0. The van der Waals surface area contributed by atoms with Crippen LogP contribution in [0.3, 0.4) is 0 Å². The van der Waals surface area contributed by atoms with Gasteiger partial charge < -0.3 is 0 Å². The van der Waals surface area contributed by atoms with Gasteiger partial charge in [-0.3, -0.25) is 14.9 Å². The van der Waals surface area contributed by atoms with Crippen LogP contribution in [0.15, 0.2) is 47.6 Å². The second kappa shape index (κ2) is 7.32. The zero-order chi connectivity index (χ0) is 15.2. The van der Waals surface area contributed by atoms with Gasteiger partial charge in [0.15, 0.2) is 0 Å². The maximum absolute atomic E-state index is 4.78. The summed E-state index contributed by atoms with van der Waals surface area (Å²) in [5.41, 5.74) is 4.52. The van der Waals surface area contributed by atoms with Gasteiger partial charge in [-0.25, -0.2) is 0 Å². The van der Waals surface area contributed by atoms with Gasteiger partial charge in [-0.1, -0.05) is 18.7 Å². The van der Waals surface area contributed by atoms with Crippen molar-refractivity contribution in [2.45, 2.75) is 46.2 Å². The lowest BCUT2D eigenvalue weighted by atomic mass is 10.1. The number of hydrogen-bond acceptors (Lipinski definition) is 3. The second-order valence-electron chi connectivity index (χ2n) is 5.86. The van der Waals surface area contributed by atoms with Crippen molar-refractivity contribution in [1.82, 2.24) is 9.88 Å². The molecule has 1 aromatic rings. The maximum Gasteiger partial charge on any atom is 0.0547 e. The molecule has 0 saturated heterocycles. The highest BCUT2D eigenvalue weighted by atomic mass is 15.2. The van der Waals surface area contributed by atoms with Crippen molar-refractivity contribution in [3.05, 3.63) is 54.0 Å². The van der Waals surface area contributed by atoms with Gasteiger partial charge in [0.05, 0.1) is 11.4 Å². The first-order valence-electron chi connectivity index (χ1n) is 7.63. The monoisotopic (exact) mass is 283 g/mol. The van der Waals surface area contributed by atoms with Crippen LogP contribution >= 0.6 is 0 Å². The van der Waals surface area contributed by atoms with Gasteiger partial charge in [0.25, 0.3) is 0 Å². The third-order valence-corrected chi connectivity index (χ3v) is 3.71. The summed E-state index contributed by atoms with van der Waals surface area (Å²) in [6.07, 6.45) is 5.74. The molecule has 3 heteroatoms. The van der Waals surface area contributed by atoms with Crippen LogP contribution in [0.25, 0.3) is 0 Å². The van der Waals surface area contributed by atoms with Gasteiger partial charge in [0.1, 0.15) is 0 Å². The average Bonchev–Trinajstić information content (AvgIpc) is 2.46. The first-order valence-corrected chi connectivity index (χ1v) is 7.63. The predicted molar refractivity (Wildman–Crippen MR) is 89.5 cm³/mol. The quantitative estimate of drug-likeness (QED) is 0.826. The maximum atomic E-state index is 4.78. The molecule has 2 heterocycles. The lowest BCUT2D eigenvalue weighted by Crippen LogP contribution is -2.32. The van der Waals surface area contributed by atoms with Crippen molar-refractivity contribution in [3.8, 4) is 0 Å². The van der Waals surface area contributed by atoms with E-state index in [4.69, 9.17) is 9.98 Å². The molecule has 0 N–H and O–H groups in total. The molecule has 1 aromatic heterocycles. The standard InChI is InChI=1S/C18H25N3/c1-5-7-17-12-21(14(2)3)13-18-9-6-8-16(20-18)11-10-15(4)19-17/h5-9,14H,1,10-13H2,2-4H3/b17-7-,19-15?. The topological polar surface area (TPSA) is 28.5 Å². The van der Waals surface area contributed by atoms with E-state index >= 15 is 0 Å². The number of allylic oxidation sites excluding steroid dienone is 2. The molecular weight excluding hydrogens is 258 g/mol. The molecule has 0 aliphatic carbocycles. The van der Waals surface area contributed by atoms with E-state index in [9.17, 15) is 0 Å². The Morgan fingerprint density at radius 3 is 2.67 bits per heavy atom. The summed E-state index contributed by atoms with van der Waals surface area (Å²) in [4.78, 5) is 12.0. The minimum absolute atomic E-state index is 0.444. The van der Waals surface area contributed by atoms with E-state index in [0.717, 1.165) is 48.7 Å². The first-order chi connectivity index (χ1) is 10.1. The highest BCUT2D eigenvalue weighted by Crippen LogP contribution is 2.14. The molecule has 0 radical (unpaired) electrons. The zero-order valence-corrected chi connectivity index (χ0v) is 13.3. The minimum atomic E-state index is 0.444. The normalized spacial score (nSPS) is 19.2. The molecule has 0 fully saturated rings. The Morgan fingerprint density at radius 2 is 1.95 bits per heavy atom. The molecule has 1 aliphatic rings. The predicted octanol–water partition coefficient (Wildman–Crippen LogP) is 3.77. The first kappa shape index (κ1) is 15.6. The van der Waals surface area contributed by atoms with Crippen molar-refractivity contribution in [3.63, 3.8) is 0 Å². The minimum Gasteiger partial charge on any atom is -0.289 e. The van der Waals surface area contributed by atoms with Crippen LogP contribution in [0.1, 0.15) is 38.6 Å². The van der Waals surface area contributed by atoms with Gasteiger partial charge in [0.2, 0.25) is 0 Å². The Hall–Kier alpha value is -1.74. The molecular formula is C18H25N3. The summed E-state index contributed by atoms with van der Waals surface area (Å²) in [5.74, 6) is 0. The van der Waals surface area contributed by atoms with Crippen LogP contribution in [0.2, 0.25) is 0 Å². The number of aromatic nitrogens is 1. The van der Waals surface area contributed by atoms with Crippen molar-refractivity contribution < 1.29 is 0 Å². The number of hydrogen-bond donors (Lipinski definition) is 0. The van der Waals surface area contributed by atoms with Crippen molar-refractivity contribution in [2.24, 2.45) is 4.99 Å². The van der Waals surface area contributed by atoms with Crippen molar-refractivity contribution in [1.29, 1.82) is 0 Å². The van der Waals surface area contributed by atoms with E-state index in [1.165, 1.54) is 0 Å². The van der Waals surface area contributed by atoms with E-state index < -0.39 is 0 Å². The number of aryl methyl sites for hydroxylation is 1. The third-order valence-electron chi connectivity index (χ3n) is 3.71. The average molecular weight is 283 g/mol. The number of fused-ring (bicyclic) bond motifs is 2. The SMILES string of the molecule is C=C/C=C1/CN(C(C)C)Cc2cccc(n2)CCC(C)=N1. The molecule has 1 aliphatic heterocycles. The molecule has 2 bridgehead atoms. The lowest BCUT2D eigenvalue weighted by Gasteiger charge is -2.26. The van der Waals surface area contributed by atoms with Crippen LogP contribution in [0, 0.1) is 0 Å². The third kappa shape index (κ3) is 4.64. The van der Waals surface area contributed by atoms with Crippen LogP contribution in [-0.4, -0.2) is 28.2 Å². The van der Waals surface area contributed by atoms with Crippen molar-refractivity contribution >= 4 is 5.71 Å². The molecule has 0 amide bonds. The number of aliphatic imine (C=N–C) groups is 1. The van der Waals surface area contributed by atoms with Gasteiger partial charge >= 0.3 is 0 Å². The van der Waals surface area contributed by atoms with Gasteiger partial charge in [-0.15, -0.1) is 0 Å². The van der Waals surface area contributed by atoms with E-state index in [1.54, 1.807) is 0 Å². The van der Waals surface area contributed by atoms with Gasteiger partial charge in [-0.2, -0.15) is 0 Å². The largest absolute Gasteiger partial charge is 0.289 e. The van der Waals surface area contributed by atoms with Crippen molar-refractivity contribution in [2.75, 3.05) is 6.54 Å². The van der Waals surface area contributed by atoms with E-state index in [0.29, 0.717) is 6.04 Å². The van der Waals surface area contributed by atoms with Crippen LogP contribution in [0.4, 0.5) is 0 Å². The molecule has 0 aromatic carbocycles. The fraction of sp³-hybridized carbons (Fsp3) is 0.444. The summed E-state index contributed by atoms with van der Waals surface area (Å²) in [5, 5.41) is 0. The van der Waals surface area contributed by atoms with Crippen LogP contribution in [-0.2, 0) is 13.0 Å². The fourth-order valence-electron chi connectivity index (χ4n) is 2.47. The molecule has 0 saturated carbocycles. The zero-order valence-electron chi connectivity index (χ0n) is 13.3. The fourth-order valence-corrected chi connectivity index (χ4v) is 2.47. The Bertz CT molecular complexity index is 555.